The summed E-state index contributed by atoms with van der Waals surface area (Å²) in [5.74, 6) is -0.505. The zero-order valence-electron chi connectivity index (χ0n) is 89.2. The molecule has 33 nitrogen and oxygen atoms in total. The fourth-order valence-corrected chi connectivity index (χ4v) is 23.1. The van der Waals surface area contributed by atoms with Gasteiger partial charge in [-0.25, -0.2) is 0 Å². The Labute approximate surface area is 1020 Å². The molecular weight excluding hydrogens is 2530 g/mol. The molecule has 0 aliphatic heterocycles. The van der Waals surface area contributed by atoms with Crippen molar-refractivity contribution in [3.8, 4) is 0 Å². The van der Waals surface area contributed by atoms with Crippen LogP contribution in [0.4, 0.5) is 0 Å². The van der Waals surface area contributed by atoms with Gasteiger partial charge < -0.3 is 150 Å². The normalized spacial score (nSPS) is 30.7. The predicted molar refractivity (Wildman–Crippen MR) is 513 cm³/mol. The first-order chi connectivity index (χ1) is 56.0. The van der Waals surface area contributed by atoms with Crippen molar-refractivity contribution in [1.29, 1.82) is 0 Å². The first kappa shape index (κ1) is 148. The van der Waals surface area contributed by atoms with Crippen LogP contribution in [0.25, 0.3) is 0 Å². The molecule has 6 aliphatic rings. The summed E-state index contributed by atoms with van der Waals surface area (Å²) in [6.45, 7) is 55.2. The van der Waals surface area contributed by atoms with Crippen LogP contribution >= 0.6 is 45.6 Å². The maximum atomic E-state index is 12.3. The van der Waals surface area contributed by atoms with Crippen LogP contribution in [0.15, 0.2) is 0 Å². The molecule has 0 heterocycles. The summed E-state index contributed by atoms with van der Waals surface area (Å²) in [4.78, 5) is 0. The summed E-state index contributed by atoms with van der Waals surface area (Å²) in [5, 5.41) is 90.1. The van der Waals surface area contributed by atoms with Gasteiger partial charge in [0.2, 0.25) is 0 Å². The molecule has 0 aromatic carbocycles. The summed E-state index contributed by atoms with van der Waals surface area (Å²) in [7, 11) is -19.4. The van der Waals surface area contributed by atoms with Crippen LogP contribution in [-0.4, -0.2) is 583 Å². The smallest absolute Gasteiger partial charge is 1.00 e. The zero-order chi connectivity index (χ0) is 93.9. The van der Waals surface area contributed by atoms with Crippen LogP contribution < -0.4 is 0 Å². The second-order valence-corrected chi connectivity index (χ2v) is 47.5. The molecule has 128 heavy (non-hydrogen) atoms. The molecule has 27 unspecified atom stereocenters. The van der Waals surface area contributed by atoms with Crippen molar-refractivity contribution in [2.75, 3.05) is 73.0 Å². The van der Waals surface area contributed by atoms with E-state index in [4.69, 9.17) is 82.7 Å². The Hall–Kier alpha value is 9.73. The van der Waals surface area contributed by atoms with E-state index in [1.807, 2.05) is 130 Å². The Bertz CT molecular complexity index is 2920. The van der Waals surface area contributed by atoms with Crippen molar-refractivity contribution in [1.82, 2.24) is 0 Å². The standard InChI is InChI=1S/3C14H28O6P.2C14H28O5P.C13H26O5P.6Ba.6H/c3*1-9(2)18-8-11-6-7-12(15)13(16)14(11)20-21(5,17)19-10(3)4;2*1-10(2)17-9-12-7-6-8-13(15)14(12)19-20(5,16)18-11(3)4;1-9(2)16-11-7-6-8-12(13(11)14)18-19(5,15)17-10(3)4;;;;;;;;;;;;/h3*7,9-16H,6,8H2,1-5H3;2*6,10-15H,7-9H2,1-5H3;8-14H,6-7H2,1-5H3;;;;;;;;;;;;/q6*-1;6*+2;6*-1. The summed E-state index contributed by atoms with van der Waals surface area (Å²) >= 11 is 0. The van der Waals surface area contributed by atoms with Gasteiger partial charge in [-0.05, 0) is 220 Å². The molecule has 9 N–H and O–H groups in total. The number of hydrogen-bond acceptors (Lipinski definition) is 33. The number of aliphatic hydroxyl groups excluding tert-OH is 9. The van der Waals surface area contributed by atoms with Gasteiger partial charge in [-0.15, -0.1) is 0 Å². The Kier molecular flexibility index (Phi) is 87.5. The van der Waals surface area contributed by atoms with Gasteiger partial charge in [-0.3, -0.25) is 53.1 Å². The van der Waals surface area contributed by atoms with Gasteiger partial charge in [0.25, 0.3) is 0 Å². The van der Waals surface area contributed by atoms with Crippen molar-refractivity contribution < 1.29 is 165 Å². The first-order valence-corrected chi connectivity index (χ1v) is 55.4. The van der Waals surface area contributed by atoms with Crippen LogP contribution in [0, 0.1) is 68.1 Å². The van der Waals surface area contributed by atoms with E-state index < -0.39 is 137 Å². The maximum absolute atomic E-state index is 12.3. The summed E-state index contributed by atoms with van der Waals surface area (Å²) in [6, 6.07) is 0. The van der Waals surface area contributed by atoms with Gasteiger partial charge in [-0.2, -0.15) is 51.4 Å². The van der Waals surface area contributed by atoms with E-state index in [0.717, 1.165) is 25.7 Å². The molecule has 27 atom stereocenters. The van der Waals surface area contributed by atoms with E-state index >= 15 is 0 Å². The number of ether oxygens (including phenoxy) is 6. The number of hydrogen-bond donors (Lipinski definition) is 9. The van der Waals surface area contributed by atoms with Gasteiger partial charge in [-0.1, -0.05) is 6.42 Å². The van der Waals surface area contributed by atoms with E-state index in [1.165, 1.54) is 40.0 Å². The summed E-state index contributed by atoms with van der Waals surface area (Å²) in [5.41, 5.74) is 0. The third kappa shape index (κ3) is 67.0. The van der Waals surface area contributed by atoms with Crippen LogP contribution in [0.2, 0.25) is 0 Å². The number of rotatable bonds is 41. The molecule has 744 valence electrons. The van der Waals surface area contributed by atoms with Crippen molar-refractivity contribution in [3.63, 3.8) is 0 Å². The third-order valence-corrected chi connectivity index (χ3v) is 27.0. The Morgan fingerprint density at radius 2 is 0.484 bits per heavy atom. The summed E-state index contributed by atoms with van der Waals surface area (Å²) in [6.07, 6.45) is 2.94. The molecule has 0 spiro atoms. The van der Waals surface area contributed by atoms with Crippen LogP contribution in [0.3, 0.4) is 0 Å². The molecular formula is C83H172Ba6O33P6. The quantitative estimate of drug-likeness (QED) is 0.0156. The predicted octanol–water partition coefficient (Wildman–Crippen LogP) is 13.2. The van der Waals surface area contributed by atoms with E-state index in [-0.39, 0.29) is 411 Å². The Morgan fingerprint density at radius 3 is 0.695 bits per heavy atom. The van der Waals surface area contributed by atoms with E-state index in [1.54, 1.807) is 74.7 Å². The van der Waals surface area contributed by atoms with Gasteiger partial charge in [0.05, 0.1) is 146 Å². The van der Waals surface area contributed by atoms with Gasteiger partial charge >= 0.3 is 339 Å². The molecule has 45 heteroatoms. The van der Waals surface area contributed by atoms with E-state index in [2.05, 4.69) is 0 Å². The number of aliphatic hydroxyl groups is 9. The largest absolute Gasteiger partial charge is 2.00 e. The molecule has 0 bridgehead atoms. The Morgan fingerprint density at radius 1 is 0.273 bits per heavy atom. The van der Waals surface area contributed by atoms with Crippen molar-refractivity contribution >= 4 is 339 Å². The molecule has 0 radical (unpaired) electrons. The summed E-state index contributed by atoms with van der Waals surface area (Å²) < 4.78 is 173. The van der Waals surface area contributed by atoms with Crippen LogP contribution in [-0.2, 0) is 110 Å². The molecule has 6 fully saturated rings. The first-order valence-electron chi connectivity index (χ1n) is 43.5. The molecule has 6 rings (SSSR count). The third-order valence-electron chi connectivity index (χ3n) is 18.5. The van der Waals surface area contributed by atoms with Crippen molar-refractivity contribution in [2.45, 2.75) is 395 Å². The van der Waals surface area contributed by atoms with Gasteiger partial charge in [0.15, 0.2) is 0 Å². The van der Waals surface area contributed by atoms with E-state index in [9.17, 15) is 73.3 Å². The monoisotopic (exact) mass is 2710 g/mol. The minimum absolute atomic E-state index is 0. The minimum atomic E-state index is -3.31. The maximum Gasteiger partial charge on any atom is 2.00 e. The fourth-order valence-electron chi connectivity index (χ4n) is 13.8. The minimum Gasteiger partial charge on any atom is -1.00 e. The van der Waals surface area contributed by atoms with Crippen molar-refractivity contribution in [2.24, 2.45) is 29.6 Å². The molecule has 0 amide bonds. The molecule has 0 saturated heterocycles. The van der Waals surface area contributed by atoms with E-state index in [0.29, 0.717) is 65.1 Å². The SMILES string of the molecule is CC(C)OC1CC[CH-]C(OP(C)(=O)OC(C)C)C1O.CC(C)OCC1C[CH-]C(O)C(O)C1OP(C)(=O)OC(C)C.CC(C)OCC1C[CH-]C(O)C(O)C1OP(C)(=O)OC(C)C.CC(C)OCC1C[CH-]C(O)C(O)C1OP(C)(=O)OC(C)C.CC(C)OCC1C[CH-]CC(O)C1OP(C)(=O)OC(C)C.CC(C)OCC1C[CH-]CC(O)C1OP(C)(=O)OC(C)C.[Ba+2].[Ba+2].[Ba+2].[Ba+2].[Ba+2].[Ba+2].[H-].[H-].[H-].[H-].[H-].[H-]. The average molecular weight is 2710 g/mol. The van der Waals surface area contributed by atoms with Crippen LogP contribution in [0.1, 0.15) is 233 Å². The second-order valence-electron chi connectivity index (χ2n) is 35.7. The fraction of sp³-hybridized carbons (Fsp3) is 0.928. The van der Waals surface area contributed by atoms with Gasteiger partial charge in [0.1, 0.15) is 0 Å². The van der Waals surface area contributed by atoms with Gasteiger partial charge in [0, 0.05) is 73.0 Å². The molecule has 6 aliphatic carbocycles. The average Bonchev–Trinajstić information content (AvgIpc) is 0.815. The Balaban J connectivity index is -0.000000131. The molecule has 0 aromatic rings. The molecule has 6 saturated carbocycles. The van der Waals surface area contributed by atoms with Crippen LogP contribution in [0.5, 0.6) is 0 Å². The second kappa shape index (κ2) is 75.4. The topological polar surface area (TPSA) is 451 Å². The zero-order valence-corrected chi connectivity index (χ0v) is 115. The molecule has 0 aromatic heterocycles. The van der Waals surface area contributed by atoms with Crippen molar-refractivity contribution in [3.05, 3.63) is 38.5 Å².